The van der Waals surface area contributed by atoms with Gasteiger partial charge in [-0.15, -0.1) is 0 Å². The molecular formula is C24H22N4O4. The number of benzene rings is 2. The second-order valence-electron chi connectivity index (χ2n) is 7.05. The molecule has 1 N–H and O–H groups in total. The van der Waals surface area contributed by atoms with E-state index in [1.54, 1.807) is 49.7 Å². The fourth-order valence-electron chi connectivity index (χ4n) is 3.33. The number of ether oxygens (including phenoxy) is 2. The number of nitrogens with zero attached hydrogens (tertiary/aromatic N) is 3. The summed E-state index contributed by atoms with van der Waals surface area (Å²) in [5.41, 5.74) is 4.34. The van der Waals surface area contributed by atoms with Crippen LogP contribution in [0.25, 0.3) is 16.9 Å². The highest BCUT2D eigenvalue weighted by atomic mass is 16.5. The van der Waals surface area contributed by atoms with Gasteiger partial charge in [-0.05, 0) is 48.5 Å². The zero-order valence-corrected chi connectivity index (χ0v) is 17.9. The molecule has 0 aliphatic heterocycles. The lowest BCUT2D eigenvalue weighted by molar-refractivity contribution is 0.0992. The molecule has 0 saturated heterocycles. The normalized spacial score (nSPS) is 10.6. The molecule has 8 nitrogen and oxygen atoms in total. The van der Waals surface area contributed by atoms with E-state index in [0.717, 1.165) is 28.3 Å². The summed E-state index contributed by atoms with van der Waals surface area (Å²) in [6, 6.07) is 18.2. The fourth-order valence-corrected chi connectivity index (χ4v) is 3.33. The van der Waals surface area contributed by atoms with E-state index >= 15 is 0 Å². The van der Waals surface area contributed by atoms with Gasteiger partial charge in [0.1, 0.15) is 11.4 Å². The zero-order valence-electron chi connectivity index (χ0n) is 17.9. The van der Waals surface area contributed by atoms with Crippen molar-refractivity contribution in [3.63, 3.8) is 0 Å². The van der Waals surface area contributed by atoms with Crippen molar-refractivity contribution in [1.82, 2.24) is 9.38 Å². The van der Waals surface area contributed by atoms with Crippen molar-refractivity contribution in [2.24, 2.45) is 0 Å². The summed E-state index contributed by atoms with van der Waals surface area (Å²) in [5.74, 6) is 0.584. The first-order chi connectivity index (χ1) is 15.5. The summed E-state index contributed by atoms with van der Waals surface area (Å²) in [6.07, 6.45) is 3.00. The number of hydrogen-bond donors (Lipinski definition) is 1. The van der Waals surface area contributed by atoms with Crippen LogP contribution in [0.5, 0.6) is 5.75 Å². The summed E-state index contributed by atoms with van der Waals surface area (Å²) in [4.78, 5) is 30.5. The third-order valence-electron chi connectivity index (χ3n) is 5.13. The first kappa shape index (κ1) is 20.9. The van der Waals surface area contributed by atoms with Crippen molar-refractivity contribution >= 4 is 29.0 Å². The largest absolute Gasteiger partial charge is 0.497 e. The molecule has 2 aromatic carbocycles. The predicted molar refractivity (Wildman–Crippen MR) is 122 cm³/mol. The predicted octanol–water partition coefficient (Wildman–Crippen LogP) is 4.46. The SMILES string of the molecule is COC(=O)Nc1ccc(-c2cnc3ccc(C(=O)N(C)c4ccc(OC)cc4)cn23)cc1. The van der Waals surface area contributed by atoms with Crippen LogP contribution >= 0.6 is 0 Å². The molecular weight excluding hydrogens is 408 g/mol. The number of nitrogens with one attached hydrogen (secondary N) is 1. The lowest BCUT2D eigenvalue weighted by Crippen LogP contribution is -2.26. The molecule has 162 valence electrons. The van der Waals surface area contributed by atoms with E-state index < -0.39 is 6.09 Å². The number of fused-ring (bicyclic) bond motifs is 1. The van der Waals surface area contributed by atoms with Gasteiger partial charge in [0.15, 0.2) is 0 Å². The number of imidazole rings is 1. The minimum absolute atomic E-state index is 0.144. The Kier molecular flexibility index (Phi) is 5.76. The van der Waals surface area contributed by atoms with E-state index in [-0.39, 0.29) is 5.91 Å². The number of carbonyl (C=O) groups excluding carboxylic acids is 2. The second-order valence-corrected chi connectivity index (χ2v) is 7.05. The molecule has 4 aromatic rings. The second kappa shape index (κ2) is 8.81. The van der Waals surface area contributed by atoms with Crippen molar-refractivity contribution in [3.8, 4) is 17.0 Å². The van der Waals surface area contributed by atoms with Crippen LogP contribution in [0.2, 0.25) is 0 Å². The average Bonchev–Trinajstić information content (AvgIpc) is 3.27. The molecule has 0 atom stereocenters. The van der Waals surface area contributed by atoms with Gasteiger partial charge in [0.25, 0.3) is 5.91 Å². The van der Waals surface area contributed by atoms with Gasteiger partial charge in [-0.25, -0.2) is 9.78 Å². The summed E-state index contributed by atoms with van der Waals surface area (Å²) >= 11 is 0. The first-order valence-corrected chi connectivity index (χ1v) is 9.85. The quantitative estimate of drug-likeness (QED) is 0.505. The average molecular weight is 430 g/mol. The molecule has 2 heterocycles. The molecule has 0 unspecified atom stereocenters. The highest BCUT2D eigenvalue weighted by molar-refractivity contribution is 6.05. The molecule has 0 saturated carbocycles. The summed E-state index contributed by atoms with van der Waals surface area (Å²) in [5, 5.41) is 2.62. The van der Waals surface area contributed by atoms with Crippen molar-refractivity contribution in [2.45, 2.75) is 0 Å². The molecule has 0 spiro atoms. The summed E-state index contributed by atoms with van der Waals surface area (Å²) in [6.45, 7) is 0. The Bertz CT molecular complexity index is 1260. The third kappa shape index (κ3) is 4.11. The van der Waals surface area contributed by atoms with E-state index in [0.29, 0.717) is 11.3 Å². The van der Waals surface area contributed by atoms with Gasteiger partial charge in [0.2, 0.25) is 0 Å². The van der Waals surface area contributed by atoms with Crippen LogP contribution in [0, 0.1) is 0 Å². The Morgan fingerprint density at radius 3 is 2.34 bits per heavy atom. The number of carbonyl (C=O) groups is 2. The Hall–Kier alpha value is -4.33. The number of rotatable bonds is 5. The van der Waals surface area contributed by atoms with Crippen molar-refractivity contribution in [2.75, 3.05) is 31.5 Å². The number of anilines is 2. The number of hydrogen-bond acceptors (Lipinski definition) is 5. The number of methoxy groups -OCH3 is 2. The van der Waals surface area contributed by atoms with Gasteiger partial charge in [-0.2, -0.15) is 0 Å². The Balaban J connectivity index is 1.62. The van der Waals surface area contributed by atoms with Gasteiger partial charge < -0.3 is 14.4 Å². The van der Waals surface area contributed by atoms with Gasteiger partial charge >= 0.3 is 6.09 Å². The molecule has 8 heteroatoms. The van der Waals surface area contributed by atoms with Crippen LogP contribution in [0.4, 0.5) is 16.2 Å². The van der Waals surface area contributed by atoms with Crippen LogP contribution in [0.1, 0.15) is 10.4 Å². The van der Waals surface area contributed by atoms with Gasteiger partial charge in [-0.1, -0.05) is 12.1 Å². The van der Waals surface area contributed by atoms with E-state index in [1.165, 1.54) is 7.11 Å². The summed E-state index contributed by atoms with van der Waals surface area (Å²) in [7, 11) is 4.65. The van der Waals surface area contributed by atoms with Gasteiger partial charge in [0, 0.05) is 30.2 Å². The Morgan fingerprint density at radius 1 is 0.969 bits per heavy atom. The number of pyridine rings is 1. The minimum Gasteiger partial charge on any atom is -0.497 e. The third-order valence-corrected chi connectivity index (χ3v) is 5.13. The topological polar surface area (TPSA) is 85.2 Å². The van der Waals surface area contributed by atoms with Crippen LogP contribution in [-0.2, 0) is 4.74 Å². The number of aromatic nitrogens is 2. The van der Waals surface area contributed by atoms with Gasteiger partial charge in [-0.3, -0.25) is 14.5 Å². The molecule has 32 heavy (non-hydrogen) atoms. The van der Waals surface area contributed by atoms with E-state index in [2.05, 4.69) is 15.0 Å². The highest BCUT2D eigenvalue weighted by Gasteiger charge is 2.16. The minimum atomic E-state index is -0.531. The maximum atomic E-state index is 13.1. The van der Waals surface area contributed by atoms with Crippen LogP contribution in [0.15, 0.2) is 73.1 Å². The van der Waals surface area contributed by atoms with Crippen molar-refractivity contribution < 1.29 is 19.1 Å². The van der Waals surface area contributed by atoms with Gasteiger partial charge in [0.05, 0.1) is 31.7 Å². The monoisotopic (exact) mass is 430 g/mol. The molecule has 0 bridgehead atoms. The van der Waals surface area contributed by atoms with Crippen LogP contribution in [0.3, 0.4) is 0 Å². The van der Waals surface area contributed by atoms with E-state index in [4.69, 9.17) is 4.74 Å². The summed E-state index contributed by atoms with van der Waals surface area (Å²) < 4.78 is 11.7. The standard InChI is InChI=1S/C24H22N4O4/c1-27(19-9-11-20(31-2)12-10-19)23(29)17-6-13-22-25-14-21(28(22)15-17)16-4-7-18(8-5-16)26-24(30)32-3/h4-15H,1-3H3,(H,26,30). The maximum absolute atomic E-state index is 13.1. The van der Waals surface area contributed by atoms with Crippen molar-refractivity contribution in [3.05, 3.63) is 78.6 Å². The Labute approximate surface area is 185 Å². The lowest BCUT2D eigenvalue weighted by Gasteiger charge is -2.18. The zero-order chi connectivity index (χ0) is 22.7. The maximum Gasteiger partial charge on any atom is 0.411 e. The smallest absolute Gasteiger partial charge is 0.411 e. The van der Waals surface area contributed by atoms with E-state index in [1.807, 2.05) is 46.9 Å². The first-order valence-electron chi connectivity index (χ1n) is 9.85. The molecule has 2 aromatic heterocycles. The molecule has 4 rings (SSSR count). The fraction of sp³-hybridized carbons (Fsp3) is 0.125. The van der Waals surface area contributed by atoms with Crippen LogP contribution < -0.4 is 15.0 Å². The number of amides is 2. The molecule has 2 amide bonds. The molecule has 0 aliphatic carbocycles. The molecule has 0 fully saturated rings. The van der Waals surface area contributed by atoms with Crippen LogP contribution in [-0.4, -0.2) is 42.7 Å². The molecule has 0 radical (unpaired) electrons. The highest BCUT2D eigenvalue weighted by Crippen LogP contribution is 2.25. The van der Waals surface area contributed by atoms with E-state index in [9.17, 15) is 9.59 Å². The lowest BCUT2D eigenvalue weighted by atomic mass is 10.1. The Morgan fingerprint density at radius 2 is 1.69 bits per heavy atom. The molecule has 0 aliphatic rings. The van der Waals surface area contributed by atoms with Crippen molar-refractivity contribution in [1.29, 1.82) is 0 Å².